The van der Waals surface area contributed by atoms with Gasteiger partial charge in [-0.15, -0.1) is 11.3 Å². The number of para-hydroxylation sites is 1. The fraction of sp³-hybridized carbons (Fsp3) is 0.158. The van der Waals surface area contributed by atoms with E-state index in [0.717, 1.165) is 11.3 Å². The van der Waals surface area contributed by atoms with Crippen LogP contribution < -0.4 is 4.74 Å². The maximum Gasteiger partial charge on any atom is 0.257 e. The molecule has 0 radical (unpaired) electrons. The third kappa shape index (κ3) is 4.55. The fourth-order valence-electron chi connectivity index (χ4n) is 2.42. The Kier molecular flexibility index (Phi) is 6.14. The molecule has 0 atom stereocenters. The van der Waals surface area contributed by atoms with Gasteiger partial charge in [-0.05, 0) is 29.8 Å². The van der Waals surface area contributed by atoms with Crippen molar-refractivity contribution in [2.24, 2.45) is 0 Å². The van der Waals surface area contributed by atoms with Crippen molar-refractivity contribution < 1.29 is 9.53 Å². The van der Waals surface area contributed by atoms with E-state index in [-0.39, 0.29) is 5.91 Å². The number of amides is 1. The molecule has 2 aromatic carbocycles. The Morgan fingerprint density at radius 2 is 2.00 bits per heavy atom. The van der Waals surface area contributed by atoms with Crippen LogP contribution in [0.15, 0.2) is 53.4 Å². The Hall–Kier alpha value is -2.08. The lowest BCUT2D eigenvalue weighted by molar-refractivity contribution is 0.0780. The number of aromatic nitrogens is 1. The molecule has 134 valence electrons. The van der Waals surface area contributed by atoms with Crippen molar-refractivity contribution in [2.75, 3.05) is 7.05 Å². The van der Waals surface area contributed by atoms with Crippen molar-refractivity contribution >= 4 is 40.4 Å². The SMILES string of the molecule is CN(Cc1ccc(Cl)c(Cl)c1)C(=O)c1ccccc1OCc1cscn1. The zero-order chi connectivity index (χ0) is 18.5. The predicted octanol–water partition coefficient (Wildman–Crippen LogP) is 5.30. The van der Waals surface area contributed by atoms with Gasteiger partial charge in [-0.1, -0.05) is 41.4 Å². The average molecular weight is 407 g/mol. The summed E-state index contributed by atoms with van der Waals surface area (Å²) in [6.45, 7) is 0.737. The minimum atomic E-state index is -0.134. The maximum atomic E-state index is 12.9. The molecule has 3 rings (SSSR count). The van der Waals surface area contributed by atoms with E-state index in [0.29, 0.717) is 34.5 Å². The summed E-state index contributed by atoms with van der Waals surface area (Å²) in [6, 6.07) is 12.5. The summed E-state index contributed by atoms with van der Waals surface area (Å²) in [4.78, 5) is 18.7. The van der Waals surface area contributed by atoms with E-state index in [1.54, 1.807) is 41.7 Å². The molecule has 0 fully saturated rings. The molecule has 0 aliphatic carbocycles. The molecule has 1 heterocycles. The van der Waals surface area contributed by atoms with Gasteiger partial charge < -0.3 is 9.64 Å². The summed E-state index contributed by atoms with van der Waals surface area (Å²) in [7, 11) is 1.74. The Bertz CT molecular complexity index is 900. The lowest BCUT2D eigenvalue weighted by Crippen LogP contribution is -2.26. The number of nitrogens with zero attached hydrogens (tertiary/aromatic N) is 2. The van der Waals surface area contributed by atoms with Gasteiger partial charge in [0.15, 0.2) is 0 Å². The molecule has 0 saturated heterocycles. The summed E-state index contributed by atoms with van der Waals surface area (Å²) >= 11 is 13.5. The van der Waals surface area contributed by atoms with E-state index in [9.17, 15) is 4.79 Å². The number of rotatable bonds is 6. The van der Waals surface area contributed by atoms with Crippen LogP contribution >= 0.6 is 34.5 Å². The first kappa shape index (κ1) is 18.7. The van der Waals surface area contributed by atoms with Crippen LogP contribution in [0.3, 0.4) is 0 Å². The number of carbonyl (C=O) groups is 1. The van der Waals surface area contributed by atoms with E-state index >= 15 is 0 Å². The zero-order valence-electron chi connectivity index (χ0n) is 14.0. The van der Waals surface area contributed by atoms with Gasteiger partial charge >= 0.3 is 0 Å². The molecular weight excluding hydrogens is 391 g/mol. The number of benzene rings is 2. The van der Waals surface area contributed by atoms with Crippen LogP contribution in [0.5, 0.6) is 5.75 Å². The first-order chi connectivity index (χ1) is 12.5. The van der Waals surface area contributed by atoms with Gasteiger partial charge in [-0.2, -0.15) is 0 Å². The highest BCUT2D eigenvalue weighted by molar-refractivity contribution is 7.07. The average Bonchev–Trinajstić information content (AvgIpc) is 3.16. The van der Waals surface area contributed by atoms with Crippen molar-refractivity contribution in [3.63, 3.8) is 0 Å². The molecule has 0 unspecified atom stereocenters. The molecule has 0 bridgehead atoms. The second kappa shape index (κ2) is 8.54. The monoisotopic (exact) mass is 406 g/mol. The summed E-state index contributed by atoms with van der Waals surface area (Å²) in [5.41, 5.74) is 3.99. The van der Waals surface area contributed by atoms with Crippen molar-refractivity contribution in [2.45, 2.75) is 13.2 Å². The number of ether oxygens (including phenoxy) is 1. The summed E-state index contributed by atoms with van der Waals surface area (Å²) < 4.78 is 5.80. The molecule has 7 heteroatoms. The molecule has 0 N–H and O–H groups in total. The van der Waals surface area contributed by atoms with Gasteiger partial charge in [0.1, 0.15) is 12.4 Å². The summed E-state index contributed by atoms with van der Waals surface area (Å²) in [6.07, 6.45) is 0. The molecule has 4 nitrogen and oxygen atoms in total. The third-order valence-electron chi connectivity index (χ3n) is 3.73. The van der Waals surface area contributed by atoms with Crippen LogP contribution in [0.25, 0.3) is 0 Å². The molecule has 0 aliphatic heterocycles. The van der Waals surface area contributed by atoms with E-state index in [4.69, 9.17) is 27.9 Å². The molecule has 1 amide bonds. The third-order valence-corrected chi connectivity index (χ3v) is 5.10. The standard InChI is InChI=1S/C19H16Cl2N2O2S/c1-23(9-13-6-7-16(20)17(21)8-13)19(24)15-4-2-3-5-18(15)25-10-14-11-26-12-22-14/h2-8,11-12H,9-10H2,1H3. The second-order valence-corrected chi connectivity index (χ2v) is 7.21. The van der Waals surface area contributed by atoms with Gasteiger partial charge in [0.05, 0.1) is 26.8 Å². The maximum absolute atomic E-state index is 12.9. The molecule has 3 aromatic rings. The Morgan fingerprint density at radius 3 is 2.73 bits per heavy atom. The van der Waals surface area contributed by atoms with Crippen molar-refractivity contribution in [1.82, 2.24) is 9.88 Å². The highest BCUT2D eigenvalue weighted by Crippen LogP contribution is 2.25. The first-order valence-corrected chi connectivity index (χ1v) is 9.53. The minimum Gasteiger partial charge on any atom is -0.486 e. The quantitative estimate of drug-likeness (QED) is 0.557. The van der Waals surface area contributed by atoms with Crippen LogP contribution in [0, 0.1) is 0 Å². The molecular formula is C19H16Cl2N2O2S. The van der Waals surface area contributed by atoms with E-state index < -0.39 is 0 Å². The number of carbonyl (C=O) groups excluding carboxylic acids is 1. The van der Waals surface area contributed by atoms with E-state index in [1.807, 2.05) is 23.6 Å². The molecule has 0 saturated carbocycles. The zero-order valence-corrected chi connectivity index (χ0v) is 16.3. The Balaban J connectivity index is 1.72. The number of hydrogen-bond acceptors (Lipinski definition) is 4. The van der Waals surface area contributed by atoms with Crippen LogP contribution in [-0.2, 0) is 13.2 Å². The smallest absolute Gasteiger partial charge is 0.257 e. The van der Waals surface area contributed by atoms with Crippen molar-refractivity contribution in [1.29, 1.82) is 0 Å². The topological polar surface area (TPSA) is 42.4 Å². The normalized spacial score (nSPS) is 10.6. The van der Waals surface area contributed by atoms with Gasteiger partial charge in [0.2, 0.25) is 0 Å². The van der Waals surface area contributed by atoms with Gasteiger partial charge in [-0.25, -0.2) is 4.98 Å². The van der Waals surface area contributed by atoms with Crippen molar-refractivity contribution in [3.05, 3.63) is 80.2 Å². The lowest BCUT2D eigenvalue weighted by atomic mass is 10.1. The van der Waals surface area contributed by atoms with Gasteiger partial charge in [0, 0.05) is 19.0 Å². The Labute approximate surface area is 166 Å². The number of thiazole rings is 1. The molecule has 26 heavy (non-hydrogen) atoms. The lowest BCUT2D eigenvalue weighted by Gasteiger charge is -2.19. The molecule has 1 aromatic heterocycles. The second-order valence-electron chi connectivity index (χ2n) is 5.67. The van der Waals surface area contributed by atoms with Crippen LogP contribution in [-0.4, -0.2) is 22.8 Å². The largest absolute Gasteiger partial charge is 0.486 e. The van der Waals surface area contributed by atoms with E-state index in [2.05, 4.69) is 4.98 Å². The van der Waals surface area contributed by atoms with Crippen LogP contribution in [0.4, 0.5) is 0 Å². The molecule has 0 spiro atoms. The highest BCUT2D eigenvalue weighted by Gasteiger charge is 2.17. The minimum absolute atomic E-state index is 0.134. The number of hydrogen-bond donors (Lipinski definition) is 0. The highest BCUT2D eigenvalue weighted by atomic mass is 35.5. The van der Waals surface area contributed by atoms with Crippen molar-refractivity contribution in [3.8, 4) is 5.75 Å². The number of halogens is 2. The Morgan fingerprint density at radius 1 is 1.19 bits per heavy atom. The van der Waals surface area contributed by atoms with Gasteiger partial charge in [0.25, 0.3) is 5.91 Å². The first-order valence-electron chi connectivity index (χ1n) is 7.83. The predicted molar refractivity (Wildman–Crippen MR) is 105 cm³/mol. The molecule has 0 aliphatic rings. The van der Waals surface area contributed by atoms with Crippen LogP contribution in [0.2, 0.25) is 10.0 Å². The summed E-state index contributed by atoms with van der Waals surface area (Å²) in [5.74, 6) is 0.399. The van der Waals surface area contributed by atoms with Gasteiger partial charge in [-0.3, -0.25) is 4.79 Å². The van der Waals surface area contributed by atoms with Crippen LogP contribution in [0.1, 0.15) is 21.6 Å². The summed E-state index contributed by atoms with van der Waals surface area (Å²) in [5, 5.41) is 2.88. The van der Waals surface area contributed by atoms with E-state index in [1.165, 1.54) is 11.3 Å². The fourth-order valence-corrected chi connectivity index (χ4v) is 3.28.